The molecule has 0 aromatic rings. The summed E-state index contributed by atoms with van der Waals surface area (Å²) in [6.45, 7) is 2.24. The minimum absolute atomic E-state index is 0.414. The Hall–Kier alpha value is -0.0400. The molecule has 0 heterocycles. The Balaban J connectivity index is 1.63. The Morgan fingerprint density at radius 3 is 2.26 bits per heavy atom. The van der Waals surface area contributed by atoms with Crippen LogP contribution in [0.15, 0.2) is 0 Å². The van der Waals surface area contributed by atoms with Crippen molar-refractivity contribution in [1.29, 1.82) is 0 Å². The molecule has 0 aromatic heterocycles. The van der Waals surface area contributed by atoms with Crippen LogP contribution < -0.4 is 5.73 Å². The van der Waals surface area contributed by atoms with E-state index in [1.54, 1.807) is 38.5 Å². The van der Waals surface area contributed by atoms with E-state index in [0.717, 1.165) is 23.2 Å². The second-order valence-electron chi connectivity index (χ2n) is 8.99. The van der Waals surface area contributed by atoms with Crippen molar-refractivity contribution in [2.45, 2.75) is 83.6 Å². The van der Waals surface area contributed by atoms with E-state index in [1.807, 2.05) is 0 Å². The minimum atomic E-state index is 0.414. The van der Waals surface area contributed by atoms with Gasteiger partial charge in [-0.3, -0.25) is 0 Å². The van der Waals surface area contributed by atoms with Gasteiger partial charge in [-0.15, -0.1) is 0 Å². The number of hydrogen-bond acceptors (Lipinski definition) is 1. The normalized spacial score (nSPS) is 50.8. The summed E-state index contributed by atoms with van der Waals surface area (Å²) < 4.78 is 0. The molecule has 5 fully saturated rings. The molecular formula is C18H31N. The van der Waals surface area contributed by atoms with Crippen LogP contribution in [0, 0.1) is 28.6 Å². The largest absolute Gasteiger partial charge is 0.328 e. The highest BCUT2D eigenvalue weighted by molar-refractivity contribution is 5.10. The van der Waals surface area contributed by atoms with Gasteiger partial charge in [0.1, 0.15) is 0 Å². The zero-order valence-electron chi connectivity index (χ0n) is 12.7. The van der Waals surface area contributed by atoms with Gasteiger partial charge in [0.25, 0.3) is 0 Å². The average molecular weight is 261 g/mol. The van der Waals surface area contributed by atoms with Crippen LogP contribution in [0.1, 0.15) is 77.6 Å². The molecule has 0 amide bonds. The first-order valence-electron chi connectivity index (χ1n) is 8.85. The molecule has 108 valence electrons. The van der Waals surface area contributed by atoms with E-state index in [1.165, 1.54) is 32.1 Å². The maximum atomic E-state index is 6.21. The molecule has 0 aromatic carbocycles. The molecule has 3 unspecified atom stereocenters. The van der Waals surface area contributed by atoms with Gasteiger partial charge in [-0.1, -0.05) is 12.8 Å². The quantitative estimate of drug-likeness (QED) is 0.795. The predicted octanol–water partition coefficient (Wildman–Crippen LogP) is 4.50. The van der Waals surface area contributed by atoms with Gasteiger partial charge in [-0.25, -0.2) is 0 Å². The van der Waals surface area contributed by atoms with Crippen molar-refractivity contribution in [3.8, 4) is 0 Å². The van der Waals surface area contributed by atoms with E-state index < -0.39 is 0 Å². The summed E-state index contributed by atoms with van der Waals surface area (Å²) in [5.41, 5.74) is 7.65. The van der Waals surface area contributed by atoms with E-state index in [9.17, 15) is 0 Å². The van der Waals surface area contributed by atoms with Gasteiger partial charge in [0, 0.05) is 6.04 Å². The number of nitrogens with two attached hydrogens (primary N) is 1. The van der Waals surface area contributed by atoms with Gasteiger partial charge in [-0.2, -0.15) is 0 Å². The van der Waals surface area contributed by atoms with Gasteiger partial charge in [-0.05, 0) is 93.3 Å². The topological polar surface area (TPSA) is 26.0 Å². The molecule has 5 rings (SSSR count). The molecule has 1 nitrogen and oxygen atoms in total. The molecule has 3 atom stereocenters. The Morgan fingerprint density at radius 1 is 1.05 bits per heavy atom. The van der Waals surface area contributed by atoms with Crippen molar-refractivity contribution in [1.82, 2.24) is 0 Å². The second kappa shape index (κ2) is 4.23. The van der Waals surface area contributed by atoms with Crippen molar-refractivity contribution in [2.75, 3.05) is 0 Å². The molecule has 4 bridgehead atoms. The van der Waals surface area contributed by atoms with Crippen LogP contribution in [0.5, 0.6) is 0 Å². The summed E-state index contributed by atoms with van der Waals surface area (Å²) in [5, 5.41) is 0. The Kier molecular flexibility index (Phi) is 2.82. The minimum Gasteiger partial charge on any atom is -0.328 e. The van der Waals surface area contributed by atoms with Crippen molar-refractivity contribution in [3.63, 3.8) is 0 Å². The van der Waals surface area contributed by atoms with Crippen molar-refractivity contribution >= 4 is 0 Å². The van der Waals surface area contributed by atoms with Crippen molar-refractivity contribution in [3.05, 3.63) is 0 Å². The van der Waals surface area contributed by atoms with Crippen LogP contribution in [0.2, 0.25) is 0 Å². The Bertz CT molecular complexity index is 333. The van der Waals surface area contributed by atoms with E-state index in [-0.39, 0.29) is 0 Å². The molecule has 0 aliphatic heterocycles. The van der Waals surface area contributed by atoms with Gasteiger partial charge in [0.15, 0.2) is 0 Å². The summed E-state index contributed by atoms with van der Waals surface area (Å²) in [6, 6.07) is 0.414. The molecule has 2 N–H and O–H groups in total. The fraction of sp³-hybridized carbons (Fsp3) is 1.00. The lowest BCUT2D eigenvalue weighted by molar-refractivity contribution is -0.139. The zero-order chi connectivity index (χ0) is 13.1. The standard InChI is InChI=1S/C18H31N/c1-13(19)7-17-8-14-6-15(9-17)11-18(10-14,12-17)16-4-2-3-5-16/h13-16H,2-12,19H2,1H3. The first-order chi connectivity index (χ1) is 9.09. The lowest BCUT2D eigenvalue weighted by Crippen LogP contribution is -2.55. The van der Waals surface area contributed by atoms with Crippen LogP contribution >= 0.6 is 0 Å². The third-order valence-corrected chi connectivity index (χ3v) is 7.20. The van der Waals surface area contributed by atoms with Crippen LogP contribution in [0.25, 0.3) is 0 Å². The van der Waals surface area contributed by atoms with Gasteiger partial charge < -0.3 is 5.73 Å². The summed E-state index contributed by atoms with van der Waals surface area (Å²) >= 11 is 0. The first kappa shape index (κ1) is 12.7. The Morgan fingerprint density at radius 2 is 1.68 bits per heavy atom. The summed E-state index contributed by atoms with van der Waals surface area (Å²) in [7, 11) is 0. The maximum absolute atomic E-state index is 6.21. The third kappa shape index (κ3) is 1.99. The molecule has 0 radical (unpaired) electrons. The SMILES string of the molecule is CC(N)CC12CC3CC(C1)CC(C1CCCC1)(C3)C2. The monoisotopic (exact) mass is 261 g/mol. The lowest BCUT2D eigenvalue weighted by atomic mass is 9.41. The van der Waals surface area contributed by atoms with Crippen LogP contribution in [0.4, 0.5) is 0 Å². The zero-order valence-corrected chi connectivity index (χ0v) is 12.7. The van der Waals surface area contributed by atoms with E-state index >= 15 is 0 Å². The fourth-order valence-corrected chi connectivity index (χ4v) is 7.46. The fourth-order valence-electron chi connectivity index (χ4n) is 7.46. The van der Waals surface area contributed by atoms with Gasteiger partial charge in [0.05, 0.1) is 0 Å². The van der Waals surface area contributed by atoms with Crippen LogP contribution in [-0.2, 0) is 0 Å². The molecule has 5 aliphatic rings. The third-order valence-electron chi connectivity index (χ3n) is 7.20. The van der Waals surface area contributed by atoms with E-state index in [4.69, 9.17) is 5.73 Å². The highest BCUT2D eigenvalue weighted by atomic mass is 14.7. The molecule has 19 heavy (non-hydrogen) atoms. The van der Waals surface area contributed by atoms with Crippen molar-refractivity contribution in [2.24, 2.45) is 34.3 Å². The molecule has 0 saturated heterocycles. The molecular weight excluding hydrogens is 230 g/mol. The van der Waals surface area contributed by atoms with Crippen molar-refractivity contribution < 1.29 is 0 Å². The van der Waals surface area contributed by atoms with Gasteiger partial charge >= 0.3 is 0 Å². The van der Waals surface area contributed by atoms with E-state index in [2.05, 4.69) is 6.92 Å². The smallest absolute Gasteiger partial charge is 0.00157 e. The summed E-state index contributed by atoms with van der Waals surface area (Å²) in [4.78, 5) is 0. The maximum Gasteiger partial charge on any atom is 0.00157 e. The highest BCUT2D eigenvalue weighted by Gasteiger charge is 2.59. The van der Waals surface area contributed by atoms with Crippen LogP contribution in [-0.4, -0.2) is 6.04 Å². The Labute approximate surface area is 118 Å². The first-order valence-corrected chi connectivity index (χ1v) is 8.85. The average Bonchev–Trinajstić information content (AvgIpc) is 2.78. The van der Waals surface area contributed by atoms with Gasteiger partial charge in [0.2, 0.25) is 0 Å². The summed E-state index contributed by atoms with van der Waals surface area (Å²) in [5.74, 6) is 3.23. The number of rotatable bonds is 3. The predicted molar refractivity (Wildman–Crippen MR) is 79.8 cm³/mol. The van der Waals surface area contributed by atoms with E-state index in [0.29, 0.717) is 11.5 Å². The lowest BCUT2D eigenvalue weighted by Gasteiger charge is -2.64. The molecule has 0 spiro atoms. The second-order valence-corrected chi connectivity index (χ2v) is 8.99. The molecule has 5 saturated carbocycles. The number of hydrogen-bond donors (Lipinski definition) is 1. The molecule has 5 aliphatic carbocycles. The molecule has 1 heteroatoms. The summed E-state index contributed by atoms with van der Waals surface area (Å²) in [6.07, 6.45) is 16.8. The highest BCUT2D eigenvalue weighted by Crippen LogP contribution is 2.70. The van der Waals surface area contributed by atoms with Crippen LogP contribution in [0.3, 0.4) is 0 Å².